The number of aromatic nitrogens is 2. The minimum absolute atomic E-state index is 0.589. The van der Waals surface area contributed by atoms with E-state index in [4.69, 9.17) is 4.52 Å². The van der Waals surface area contributed by atoms with E-state index in [2.05, 4.69) is 22.4 Å². The number of likely N-dealkylation sites (N-methyl/N-ethyl adjacent to an activating group) is 1. The van der Waals surface area contributed by atoms with E-state index in [1.165, 1.54) is 5.56 Å². The van der Waals surface area contributed by atoms with E-state index in [1.807, 2.05) is 31.3 Å². The first kappa shape index (κ1) is 10.8. The highest BCUT2D eigenvalue weighted by Crippen LogP contribution is 2.17. The van der Waals surface area contributed by atoms with Gasteiger partial charge >= 0.3 is 0 Å². The summed E-state index contributed by atoms with van der Waals surface area (Å²) in [7, 11) is 1.90. The molecule has 1 heterocycles. The standard InChI is InChI=1S/C12H15N3O/c1-9-3-5-10(6-4-9)12-14-11(15-16-12)7-8-13-2/h3-6,13H,7-8H2,1-2H3. The van der Waals surface area contributed by atoms with Crippen LogP contribution >= 0.6 is 0 Å². The van der Waals surface area contributed by atoms with Crippen LogP contribution in [0.5, 0.6) is 0 Å². The van der Waals surface area contributed by atoms with Gasteiger partial charge in [-0.15, -0.1) is 0 Å². The lowest BCUT2D eigenvalue weighted by Gasteiger charge is -1.94. The Bertz CT molecular complexity index is 448. The van der Waals surface area contributed by atoms with Crippen molar-refractivity contribution in [2.24, 2.45) is 0 Å². The second kappa shape index (κ2) is 4.90. The Labute approximate surface area is 94.7 Å². The van der Waals surface area contributed by atoms with Crippen molar-refractivity contribution >= 4 is 0 Å². The molecule has 0 aliphatic rings. The van der Waals surface area contributed by atoms with Crippen LogP contribution in [-0.4, -0.2) is 23.7 Å². The number of rotatable bonds is 4. The first-order valence-electron chi connectivity index (χ1n) is 5.34. The fourth-order valence-corrected chi connectivity index (χ4v) is 1.41. The second-order valence-corrected chi connectivity index (χ2v) is 3.74. The van der Waals surface area contributed by atoms with Crippen molar-refractivity contribution in [3.63, 3.8) is 0 Å². The minimum atomic E-state index is 0.589. The van der Waals surface area contributed by atoms with Crippen LogP contribution < -0.4 is 5.32 Å². The van der Waals surface area contributed by atoms with Gasteiger partial charge in [-0.1, -0.05) is 22.9 Å². The van der Waals surface area contributed by atoms with Gasteiger partial charge in [-0.2, -0.15) is 4.98 Å². The Morgan fingerprint density at radius 1 is 1.25 bits per heavy atom. The summed E-state index contributed by atoms with van der Waals surface area (Å²) >= 11 is 0. The SMILES string of the molecule is CNCCc1noc(-c2ccc(C)cc2)n1. The predicted molar refractivity (Wildman–Crippen MR) is 62.1 cm³/mol. The summed E-state index contributed by atoms with van der Waals surface area (Å²) in [6, 6.07) is 8.05. The number of hydrogen-bond acceptors (Lipinski definition) is 4. The lowest BCUT2D eigenvalue weighted by Crippen LogP contribution is -2.10. The highest BCUT2D eigenvalue weighted by molar-refractivity contribution is 5.53. The maximum Gasteiger partial charge on any atom is 0.257 e. The zero-order chi connectivity index (χ0) is 11.4. The molecule has 4 nitrogen and oxygen atoms in total. The smallest absolute Gasteiger partial charge is 0.257 e. The average molecular weight is 217 g/mol. The predicted octanol–water partition coefficient (Wildman–Crippen LogP) is 1.81. The van der Waals surface area contributed by atoms with Gasteiger partial charge < -0.3 is 9.84 Å². The van der Waals surface area contributed by atoms with Gasteiger partial charge in [0.05, 0.1) is 0 Å². The lowest BCUT2D eigenvalue weighted by atomic mass is 10.1. The van der Waals surface area contributed by atoms with Crippen molar-refractivity contribution in [1.82, 2.24) is 15.5 Å². The number of benzene rings is 1. The molecule has 0 amide bonds. The average Bonchev–Trinajstić information content (AvgIpc) is 2.76. The summed E-state index contributed by atoms with van der Waals surface area (Å²) in [5.41, 5.74) is 2.19. The van der Waals surface area contributed by atoms with Gasteiger partial charge in [0.25, 0.3) is 5.89 Å². The Balaban J connectivity index is 2.15. The van der Waals surface area contributed by atoms with Gasteiger partial charge in [0, 0.05) is 18.5 Å². The zero-order valence-electron chi connectivity index (χ0n) is 9.53. The Morgan fingerprint density at radius 3 is 2.69 bits per heavy atom. The summed E-state index contributed by atoms with van der Waals surface area (Å²) in [5.74, 6) is 1.33. The first-order valence-corrected chi connectivity index (χ1v) is 5.34. The van der Waals surface area contributed by atoms with Crippen LogP contribution in [0.15, 0.2) is 28.8 Å². The van der Waals surface area contributed by atoms with Gasteiger partial charge in [-0.25, -0.2) is 0 Å². The van der Waals surface area contributed by atoms with Crippen molar-refractivity contribution < 1.29 is 4.52 Å². The third-order valence-corrected chi connectivity index (χ3v) is 2.37. The molecule has 0 fully saturated rings. The molecule has 0 aliphatic carbocycles. The normalized spacial score (nSPS) is 10.6. The van der Waals surface area contributed by atoms with E-state index in [0.717, 1.165) is 24.4 Å². The molecular formula is C12H15N3O. The zero-order valence-corrected chi connectivity index (χ0v) is 9.53. The van der Waals surface area contributed by atoms with E-state index in [0.29, 0.717) is 5.89 Å². The number of hydrogen-bond donors (Lipinski definition) is 1. The largest absolute Gasteiger partial charge is 0.334 e. The van der Waals surface area contributed by atoms with Gasteiger partial charge in [0.2, 0.25) is 0 Å². The highest BCUT2D eigenvalue weighted by atomic mass is 16.5. The number of aryl methyl sites for hydroxylation is 1. The summed E-state index contributed by atoms with van der Waals surface area (Å²) in [6.07, 6.45) is 0.784. The molecule has 0 unspecified atom stereocenters. The Hall–Kier alpha value is -1.68. The van der Waals surface area contributed by atoms with Crippen LogP contribution in [-0.2, 0) is 6.42 Å². The lowest BCUT2D eigenvalue weighted by molar-refractivity contribution is 0.422. The molecule has 0 bridgehead atoms. The third kappa shape index (κ3) is 2.46. The van der Waals surface area contributed by atoms with Crippen LogP contribution in [0.4, 0.5) is 0 Å². The minimum Gasteiger partial charge on any atom is -0.334 e. The van der Waals surface area contributed by atoms with E-state index in [9.17, 15) is 0 Å². The summed E-state index contributed by atoms with van der Waals surface area (Å²) in [6.45, 7) is 2.91. The molecule has 0 spiro atoms. The monoisotopic (exact) mass is 217 g/mol. The molecule has 0 atom stereocenters. The molecule has 0 aliphatic heterocycles. The molecule has 0 saturated carbocycles. The van der Waals surface area contributed by atoms with Gasteiger partial charge in [0.1, 0.15) is 0 Å². The molecule has 1 aromatic carbocycles. The second-order valence-electron chi connectivity index (χ2n) is 3.74. The maximum atomic E-state index is 5.20. The first-order chi connectivity index (χ1) is 7.79. The summed E-state index contributed by atoms with van der Waals surface area (Å²) < 4.78 is 5.20. The van der Waals surface area contributed by atoms with Crippen LogP contribution in [0.25, 0.3) is 11.5 Å². The van der Waals surface area contributed by atoms with Crippen molar-refractivity contribution in [1.29, 1.82) is 0 Å². The van der Waals surface area contributed by atoms with Crippen LogP contribution in [0.3, 0.4) is 0 Å². The molecule has 84 valence electrons. The molecule has 16 heavy (non-hydrogen) atoms. The molecule has 2 aromatic rings. The molecule has 4 heteroatoms. The van der Waals surface area contributed by atoms with Crippen molar-refractivity contribution in [3.05, 3.63) is 35.7 Å². The molecular weight excluding hydrogens is 202 g/mol. The van der Waals surface area contributed by atoms with Crippen LogP contribution in [0, 0.1) is 6.92 Å². The molecule has 0 saturated heterocycles. The van der Waals surface area contributed by atoms with Gasteiger partial charge in [-0.05, 0) is 26.1 Å². The summed E-state index contributed by atoms with van der Waals surface area (Å²) in [4.78, 5) is 4.33. The van der Waals surface area contributed by atoms with Crippen LogP contribution in [0.1, 0.15) is 11.4 Å². The fraction of sp³-hybridized carbons (Fsp3) is 0.333. The van der Waals surface area contributed by atoms with E-state index in [1.54, 1.807) is 0 Å². The van der Waals surface area contributed by atoms with E-state index < -0.39 is 0 Å². The molecule has 0 radical (unpaired) electrons. The highest BCUT2D eigenvalue weighted by Gasteiger charge is 2.07. The molecule has 1 aromatic heterocycles. The Kier molecular flexibility index (Phi) is 3.31. The topological polar surface area (TPSA) is 51.0 Å². The number of nitrogens with zero attached hydrogens (tertiary/aromatic N) is 2. The van der Waals surface area contributed by atoms with Crippen molar-refractivity contribution in [3.8, 4) is 11.5 Å². The van der Waals surface area contributed by atoms with E-state index >= 15 is 0 Å². The quantitative estimate of drug-likeness (QED) is 0.848. The fourth-order valence-electron chi connectivity index (χ4n) is 1.41. The van der Waals surface area contributed by atoms with Crippen molar-refractivity contribution in [2.45, 2.75) is 13.3 Å². The van der Waals surface area contributed by atoms with Crippen molar-refractivity contribution in [2.75, 3.05) is 13.6 Å². The Morgan fingerprint density at radius 2 is 2.00 bits per heavy atom. The maximum absolute atomic E-state index is 5.20. The summed E-state index contributed by atoms with van der Waals surface area (Å²) in [5, 5.41) is 6.98. The molecule has 2 rings (SSSR count). The number of nitrogens with one attached hydrogen (secondary N) is 1. The molecule has 1 N–H and O–H groups in total. The van der Waals surface area contributed by atoms with E-state index in [-0.39, 0.29) is 0 Å². The van der Waals surface area contributed by atoms with Gasteiger partial charge in [0.15, 0.2) is 5.82 Å². The van der Waals surface area contributed by atoms with Crippen LogP contribution in [0.2, 0.25) is 0 Å². The van der Waals surface area contributed by atoms with Gasteiger partial charge in [-0.3, -0.25) is 0 Å². The third-order valence-electron chi connectivity index (χ3n) is 2.37.